The zero-order valence-corrected chi connectivity index (χ0v) is 15.6. The molecule has 0 aromatic carbocycles. The fraction of sp³-hybridized carbons (Fsp3) is 0.688. The van der Waals surface area contributed by atoms with E-state index in [1.807, 2.05) is 5.38 Å². The second kappa shape index (κ2) is 9.23. The summed E-state index contributed by atoms with van der Waals surface area (Å²) in [5.41, 5.74) is 1.23. The van der Waals surface area contributed by atoms with Gasteiger partial charge < -0.3 is 10.6 Å². The van der Waals surface area contributed by atoms with Crippen molar-refractivity contribution in [2.75, 3.05) is 26.2 Å². The summed E-state index contributed by atoms with van der Waals surface area (Å²) in [6.07, 6.45) is 4.48. The van der Waals surface area contributed by atoms with Crippen LogP contribution in [0.5, 0.6) is 0 Å². The first-order chi connectivity index (χ1) is 10.7. The molecule has 1 amide bonds. The lowest BCUT2D eigenvalue weighted by atomic mass is 9.97. The van der Waals surface area contributed by atoms with Crippen LogP contribution in [0.2, 0.25) is 4.34 Å². The van der Waals surface area contributed by atoms with Crippen LogP contribution in [0.3, 0.4) is 0 Å². The van der Waals surface area contributed by atoms with Gasteiger partial charge in [-0.15, -0.1) is 23.7 Å². The first kappa shape index (κ1) is 19.0. The maximum absolute atomic E-state index is 12.1. The smallest absolute Gasteiger partial charge is 0.237 e. The molecule has 7 heteroatoms. The van der Waals surface area contributed by atoms with E-state index in [0.717, 1.165) is 49.9 Å². The average molecular weight is 378 g/mol. The van der Waals surface area contributed by atoms with Crippen molar-refractivity contribution < 1.29 is 4.79 Å². The van der Waals surface area contributed by atoms with Gasteiger partial charge in [0.15, 0.2) is 0 Å². The summed E-state index contributed by atoms with van der Waals surface area (Å²) >= 11 is 7.80. The van der Waals surface area contributed by atoms with Crippen molar-refractivity contribution in [2.45, 2.75) is 38.3 Å². The molecule has 1 aromatic rings. The fourth-order valence-electron chi connectivity index (χ4n) is 3.41. The number of rotatable bonds is 5. The first-order valence-electron chi connectivity index (χ1n) is 8.17. The maximum atomic E-state index is 12.1. The molecular weight excluding hydrogens is 353 g/mol. The van der Waals surface area contributed by atoms with Crippen LogP contribution in [0, 0.1) is 5.92 Å². The minimum atomic E-state index is 0. The molecular formula is C16H25Cl2N3OS. The monoisotopic (exact) mass is 377 g/mol. The van der Waals surface area contributed by atoms with E-state index >= 15 is 0 Å². The van der Waals surface area contributed by atoms with Crippen molar-refractivity contribution in [3.63, 3.8) is 0 Å². The Morgan fingerprint density at radius 1 is 1.43 bits per heavy atom. The zero-order chi connectivity index (χ0) is 15.4. The van der Waals surface area contributed by atoms with Gasteiger partial charge in [0.2, 0.25) is 5.91 Å². The van der Waals surface area contributed by atoms with E-state index < -0.39 is 0 Å². The number of likely N-dealkylation sites (tertiary alicyclic amines) is 1. The topological polar surface area (TPSA) is 44.4 Å². The third-order valence-electron chi connectivity index (χ3n) is 4.63. The predicted molar refractivity (Wildman–Crippen MR) is 98.6 cm³/mol. The molecule has 3 heterocycles. The van der Waals surface area contributed by atoms with Crippen molar-refractivity contribution >= 4 is 41.3 Å². The Balaban J connectivity index is 0.00000192. The Kier molecular flexibility index (Phi) is 7.63. The molecule has 1 aromatic heterocycles. The molecule has 0 bridgehead atoms. The van der Waals surface area contributed by atoms with Gasteiger partial charge in [0.25, 0.3) is 0 Å². The van der Waals surface area contributed by atoms with Gasteiger partial charge in [0, 0.05) is 19.6 Å². The second-order valence-corrected chi connectivity index (χ2v) is 7.88. The molecule has 4 nitrogen and oxygen atoms in total. The number of hydrogen-bond acceptors (Lipinski definition) is 4. The van der Waals surface area contributed by atoms with E-state index in [1.165, 1.54) is 18.4 Å². The molecule has 0 spiro atoms. The summed E-state index contributed by atoms with van der Waals surface area (Å²) in [4.78, 5) is 14.5. The SMILES string of the molecule is Cl.O=C(NCC1CCCN(Cc2ccsc2Cl)C1)C1CCCN1. The minimum Gasteiger partial charge on any atom is -0.354 e. The number of carbonyl (C=O) groups is 1. The average Bonchev–Trinajstić information content (AvgIpc) is 3.18. The second-order valence-electron chi connectivity index (χ2n) is 6.36. The molecule has 2 aliphatic rings. The summed E-state index contributed by atoms with van der Waals surface area (Å²) in [6.45, 7) is 4.86. The Labute approximate surface area is 153 Å². The van der Waals surface area contributed by atoms with E-state index in [4.69, 9.17) is 11.6 Å². The van der Waals surface area contributed by atoms with Crippen molar-refractivity contribution in [2.24, 2.45) is 5.92 Å². The number of carbonyl (C=O) groups excluding carboxylic acids is 1. The van der Waals surface area contributed by atoms with Gasteiger partial charge in [-0.1, -0.05) is 11.6 Å². The maximum Gasteiger partial charge on any atom is 0.237 e. The van der Waals surface area contributed by atoms with E-state index in [9.17, 15) is 4.79 Å². The summed E-state index contributed by atoms with van der Waals surface area (Å²) in [5, 5.41) is 8.44. The van der Waals surface area contributed by atoms with Gasteiger partial charge in [-0.25, -0.2) is 0 Å². The summed E-state index contributed by atoms with van der Waals surface area (Å²) in [5.74, 6) is 0.729. The molecule has 23 heavy (non-hydrogen) atoms. The standard InChI is InChI=1S/C16H24ClN3OS.ClH/c17-15-13(5-8-22-15)11-20-7-2-3-12(10-20)9-19-16(21)14-4-1-6-18-14;/h5,8,12,14,18H,1-4,6-7,9-11H2,(H,19,21);1H. The van der Waals surface area contributed by atoms with Crippen LogP contribution in [0.25, 0.3) is 0 Å². The number of halogens is 2. The number of amides is 1. The van der Waals surface area contributed by atoms with Gasteiger partial charge in [-0.2, -0.15) is 0 Å². The number of thiophene rings is 1. The first-order valence-corrected chi connectivity index (χ1v) is 9.43. The molecule has 3 rings (SSSR count). The Morgan fingerprint density at radius 2 is 2.30 bits per heavy atom. The van der Waals surface area contributed by atoms with Crippen LogP contribution in [-0.4, -0.2) is 43.0 Å². The highest BCUT2D eigenvalue weighted by Crippen LogP contribution is 2.26. The van der Waals surface area contributed by atoms with E-state index in [1.54, 1.807) is 11.3 Å². The van der Waals surface area contributed by atoms with E-state index in [-0.39, 0.29) is 24.4 Å². The van der Waals surface area contributed by atoms with Crippen molar-refractivity contribution in [3.8, 4) is 0 Å². The molecule has 2 atom stereocenters. The lowest BCUT2D eigenvalue weighted by Gasteiger charge is -2.33. The third-order valence-corrected chi connectivity index (χ3v) is 5.88. The number of nitrogens with one attached hydrogen (secondary N) is 2. The van der Waals surface area contributed by atoms with Gasteiger partial charge in [0.1, 0.15) is 0 Å². The van der Waals surface area contributed by atoms with Crippen LogP contribution < -0.4 is 10.6 Å². The number of nitrogens with zero attached hydrogens (tertiary/aromatic N) is 1. The molecule has 0 saturated carbocycles. The van der Waals surface area contributed by atoms with Gasteiger partial charge in [-0.3, -0.25) is 9.69 Å². The van der Waals surface area contributed by atoms with Crippen molar-refractivity contribution in [3.05, 3.63) is 21.3 Å². The summed E-state index contributed by atoms with van der Waals surface area (Å²) < 4.78 is 0.905. The molecule has 130 valence electrons. The Bertz CT molecular complexity index is 505. The molecule has 2 N–H and O–H groups in total. The Hall–Kier alpha value is -0.330. The van der Waals surface area contributed by atoms with Gasteiger partial charge in [0.05, 0.1) is 10.4 Å². The highest BCUT2D eigenvalue weighted by atomic mass is 35.5. The van der Waals surface area contributed by atoms with Gasteiger partial charge in [-0.05, 0) is 61.7 Å². The normalized spacial score (nSPS) is 25.1. The molecule has 2 fully saturated rings. The highest BCUT2D eigenvalue weighted by Gasteiger charge is 2.24. The molecule has 2 unspecified atom stereocenters. The van der Waals surface area contributed by atoms with Crippen LogP contribution in [0.4, 0.5) is 0 Å². The summed E-state index contributed by atoms with van der Waals surface area (Å²) in [6, 6.07) is 2.15. The van der Waals surface area contributed by atoms with Crippen molar-refractivity contribution in [1.29, 1.82) is 0 Å². The van der Waals surface area contributed by atoms with Crippen molar-refractivity contribution in [1.82, 2.24) is 15.5 Å². The van der Waals surface area contributed by atoms with E-state index in [2.05, 4.69) is 21.6 Å². The number of piperidine rings is 1. The molecule has 2 aliphatic heterocycles. The molecule has 0 radical (unpaired) electrons. The van der Waals surface area contributed by atoms with Crippen LogP contribution >= 0.6 is 35.3 Å². The lowest BCUT2D eigenvalue weighted by Crippen LogP contribution is -2.45. The zero-order valence-electron chi connectivity index (χ0n) is 13.2. The highest BCUT2D eigenvalue weighted by molar-refractivity contribution is 7.14. The van der Waals surface area contributed by atoms with Crippen LogP contribution in [0.15, 0.2) is 11.4 Å². The fourth-order valence-corrected chi connectivity index (χ4v) is 4.32. The molecule has 0 aliphatic carbocycles. The largest absolute Gasteiger partial charge is 0.354 e. The Morgan fingerprint density at radius 3 is 3.00 bits per heavy atom. The van der Waals surface area contributed by atoms with E-state index in [0.29, 0.717) is 5.92 Å². The third kappa shape index (κ3) is 5.33. The predicted octanol–water partition coefficient (Wildman–Crippen LogP) is 2.90. The number of hydrogen-bond donors (Lipinski definition) is 2. The van der Waals surface area contributed by atoms with Gasteiger partial charge >= 0.3 is 0 Å². The minimum absolute atomic E-state index is 0. The molecule has 2 saturated heterocycles. The lowest BCUT2D eigenvalue weighted by molar-refractivity contribution is -0.123. The summed E-state index contributed by atoms with van der Waals surface area (Å²) in [7, 11) is 0. The van der Waals surface area contributed by atoms with Crippen LogP contribution in [-0.2, 0) is 11.3 Å². The van der Waals surface area contributed by atoms with Crippen LogP contribution in [0.1, 0.15) is 31.2 Å². The quantitative estimate of drug-likeness (QED) is 0.828.